The van der Waals surface area contributed by atoms with Crippen LogP contribution in [0.5, 0.6) is 0 Å². The maximum atomic E-state index is 12.6. The summed E-state index contributed by atoms with van der Waals surface area (Å²) in [5.74, 6) is 0.870. The van der Waals surface area contributed by atoms with Gasteiger partial charge in [-0.2, -0.15) is 0 Å². The number of rotatable bonds is 5. The van der Waals surface area contributed by atoms with Gasteiger partial charge in [0.2, 0.25) is 5.91 Å². The smallest absolute Gasteiger partial charge is 0.244 e. The minimum Gasteiger partial charge on any atom is -0.321 e. The number of nitrogens with zero attached hydrogens (tertiary/aromatic N) is 1. The van der Waals surface area contributed by atoms with Crippen LogP contribution in [0.4, 0.5) is 0 Å². The molecule has 0 aromatic heterocycles. The molecule has 2 fully saturated rings. The first-order chi connectivity index (χ1) is 10.0. The third kappa shape index (κ3) is 2.77. The van der Waals surface area contributed by atoms with E-state index in [1.807, 2.05) is 17.0 Å². The molecule has 1 aromatic rings. The first kappa shape index (κ1) is 14.7. The van der Waals surface area contributed by atoms with Crippen LogP contribution in [0.3, 0.4) is 0 Å². The Morgan fingerprint density at radius 2 is 2.10 bits per heavy atom. The largest absolute Gasteiger partial charge is 0.321 e. The van der Waals surface area contributed by atoms with Crippen LogP contribution in [0.2, 0.25) is 0 Å². The molecule has 1 aromatic carbocycles. The van der Waals surface area contributed by atoms with Crippen molar-refractivity contribution in [3.05, 3.63) is 35.4 Å². The number of carbonyl (C=O) groups excluding carboxylic acids is 1. The van der Waals surface area contributed by atoms with Crippen LogP contribution >= 0.6 is 0 Å². The number of hydrogen-bond acceptors (Lipinski definition) is 3. The van der Waals surface area contributed by atoms with Crippen molar-refractivity contribution in [2.45, 2.75) is 37.9 Å². The molecule has 2 aliphatic rings. The highest BCUT2D eigenvalue weighted by Gasteiger charge is 2.59. The van der Waals surface area contributed by atoms with E-state index in [1.165, 1.54) is 11.1 Å². The van der Waals surface area contributed by atoms with E-state index < -0.39 is 10.8 Å². The lowest BCUT2D eigenvalue weighted by Gasteiger charge is -2.25. The van der Waals surface area contributed by atoms with Gasteiger partial charge in [0.05, 0.1) is 0 Å². The van der Waals surface area contributed by atoms with Crippen molar-refractivity contribution in [2.24, 2.45) is 0 Å². The lowest BCUT2D eigenvalue weighted by atomic mass is 10.1. The maximum absolute atomic E-state index is 12.6. The average molecular weight is 306 g/mol. The molecule has 3 rings (SSSR count). The molecule has 21 heavy (non-hydrogen) atoms. The molecule has 5 heteroatoms. The summed E-state index contributed by atoms with van der Waals surface area (Å²) < 4.78 is 11.2. The van der Waals surface area contributed by atoms with Crippen molar-refractivity contribution < 1.29 is 9.00 Å². The summed E-state index contributed by atoms with van der Waals surface area (Å²) in [5, 5.41) is 3.54. The van der Waals surface area contributed by atoms with Gasteiger partial charge in [-0.15, -0.1) is 0 Å². The van der Waals surface area contributed by atoms with E-state index in [9.17, 15) is 9.00 Å². The van der Waals surface area contributed by atoms with Gasteiger partial charge < -0.3 is 4.90 Å². The van der Waals surface area contributed by atoms with Crippen molar-refractivity contribution in [2.75, 3.05) is 18.6 Å². The van der Waals surface area contributed by atoms with Gasteiger partial charge in [-0.3, -0.25) is 14.3 Å². The zero-order valence-electron chi connectivity index (χ0n) is 12.6. The minimum atomic E-state index is -0.799. The van der Waals surface area contributed by atoms with E-state index in [2.05, 4.69) is 24.4 Å². The summed E-state index contributed by atoms with van der Waals surface area (Å²) in [4.78, 5) is 14.6. The second-order valence-electron chi connectivity index (χ2n) is 6.11. The van der Waals surface area contributed by atoms with Gasteiger partial charge >= 0.3 is 0 Å². The van der Waals surface area contributed by atoms with E-state index in [0.717, 1.165) is 19.3 Å². The van der Waals surface area contributed by atoms with Crippen LogP contribution in [0.1, 0.15) is 36.6 Å². The second-order valence-corrected chi connectivity index (χ2v) is 7.67. The van der Waals surface area contributed by atoms with E-state index >= 15 is 0 Å². The highest BCUT2D eigenvalue weighted by molar-refractivity contribution is 7.84. The fraction of sp³-hybridized carbons (Fsp3) is 0.562. The topological polar surface area (TPSA) is 49.4 Å². The fourth-order valence-corrected chi connectivity index (χ4v) is 3.62. The number of hydrogen-bond donors (Lipinski definition) is 1. The highest BCUT2D eigenvalue weighted by atomic mass is 32.2. The zero-order valence-corrected chi connectivity index (χ0v) is 13.4. The molecule has 1 N–H and O–H groups in total. The molecule has 1 spiro atoms. The van der Waals surface area contributed by atoms with Gasteiger partial charge in [0.25, 0.3) is 0 Å². The maximum Gasteiger partial charge on any atom is 0.244 e. The Morgan fingerprint density at radius 3 is 2.71 bits per heavy atom. The normalized spacial score (nSPS) is 24.6. The van der Waals surface area contributed by atoms with Gasteiger partial charge in [-0.25, -0.2) is 0 Å². The van der Waals surface area contributed by atoms with Crippen molar-refractivity contribution in [3.63, 3.8) is 0 Å². The molecular formula is C16H22N2O2S. The molecule has 1 aliphatic carbocycles. The first-order valence-corrected chi connectivity index (χ1v) is 9.20. The monoisotopic (exact) mass is 306 g/mol. The Hall–Kier alpha value is -1.20. The summed E-state index contributed by atoms with van der Waals surface area (Å²) in [6.45, 7) is 2.75. The van der Waals surface area contributed by atoms with Crippen LogP contribution in [-0.4, -0.2) is 39.1 Å². The Bertz CT molecular complexity index is 583. The van der Waals surface area contributed by atoms with Gasteiger partial charge in [-0.05, 0) is 37.3 Å². The van der Waals surface area contributed by atoms with Crippen LogP contribution in [-0.2, 0) is 15.6 Å². The van der Waals surface area contributed by atoms with Gasteiger partial charge in [0.1, 0.15) is 11.7 Å². The molecule has 1 saturated carbocycles. The lowest BCUT2D eigenvalue weighted by molar-refractivity contribution is -0.130. The Morgan fingerprint density at radius 1 is 1.38 bits per heavy atom. The molecular weight excluding hydrogens is 284 g/mol. The summed E-state index contributed by atoms with van der Waals surface area (Å²) in [6.07, 6.45) is 4.33. The molecule has 1 saturated heterocycles. The third-order valence-corrected chi connectivity index (χ3v) is 5.32. The molecule has 1 amide bonds. The Labute approximate surface area is 128 Å². The van der Waals surface area contributed by atoms with E-state index in [1.54, 1.807) is 6.26 Å². The molecule has 2 atom stereocenters. The lowest BCUT2D eigenvalue weighted by Crippen LogP contribution is -2.33. The number of aryl methyl sites for hydroxylation is 1. The molecule has 0 radical (unpaired) electrons. The fourth-order valence-electron chi connectivity index (χ4n) is 3.08. The van der Waals surface area contributed by atoms with Crippen LogP contribution < -0.4 is 5.32 Å². The zero-order chi connectivity index (χ0) is 15.0. The molecule has 0 bridgehead atoms. The quantitative estimate of drug-likeness (QED) is 0.901. The Kier molecular flexibility index (Phi) is 3.88. The van der Waals surface area contributed by atoms with Crippen molar-refractivity contribution in [3.8, 4) is 0 Å². The third-order valence-electron chi connectivity index (χ3n) is 4.46. The van der Waals surface area contributed by atoms with E-state index in [0.29, 0.717) is 12.3 Å². The first-order valence-electron chi connectivity index (χ1n) is 7.48. The standard InChI is InChI=1S/C16H22N2O2S/c1-12-6-3-4-7-13(12)14-17-16(8-9-16)15(19)18(14)10-5-11-21(2)20/h3-4,6-7,14,17H,5,8-11H2,1-2H3. The second kappa shape index (κ2) is 5.54. The average Bonchev–Trinajstić information content (AvgIpc) is 3.17. The van der Waals surface area contributed by atoms with Gasteiger partial charge in [0.15, 0.2) is 0 Å². The van der Waals surface area contributed by atoms with Gasteiger partial charge in [0, 0.05) is 29.4 Å². The SMILES string of the molecule is Cc1ccccc1C1NC2(CC2)C(=O)N1CCCS(C)=O. The Balaban J connectivity index is 1.81. The van der Waals surface area contributed by atoms with Crippen molar-refractivity contribution in [1.82, 2.24) is 10.2 Å². The van der Waals surface area contributed by atoms with E-state index in [-0.39, 0.29) is 17.6 Å². The number of carbonyl (C=O) groups is 1. The molecule has 1 heterocycles. The summed E-state index contributed by atoms with van der Waals surface area (Å²) in [5.41, 5.74) is 2.06. The summed E-state index contributed by atoms with van der Waals surface area (Å²) in [7, 11) is -0.799. The van der Waals surface area contributed by atoms with Crippen molar-refractivity contribution in [1.29, 1.82) is 0 Å². The molecule has 2 unspecified atom stereocenters. The molecule has 4 nitrogen and oxygen atoms in total. The van der Waals surface area contributed by atoms with Crippen LogP contribution in [0.25, 0.3) is 0 Å². The summed E-state index contributed by atoms with van der Waals surface area (Å²) >= 11 is 0. The molecule has 114 valence electrons. The number of benzene rings is 1. The number of nitrogens with one attached hydrogen (secondary N) is 1. The van der Waals surface area contributed by atoms with Crippen LogP contribution in [0.15, 0.2) is 24.3 Å². The summed E-state index contributed by atoms with van der Waals surface area (Å²) in [6, 6.07) is 8.21. The number of amides is 1. The highest BCUT2D eigenvalue weighted by Crippen LogP contribution is 2.46. The van der Waals surface area contributed by atoms with Gasteiger partial charge in [-0.1, -0.05) is 24.3 Å². The minimum absolute atomic E-state index is 0.0357. The predicted octanol–water partition coefficient (Wildman–Crippen LogP) is 1.73. The van der Waals surface area contributed by atoms with Crippen LogP contribution in [0, 0.1) is 6.92 Å². The van der Waals surface area contributed by atoms with Crippen molar-refractivity contribution >= 4 is 16.7 Å². The molecule has 1 aliphatic heterocycles. The van der Waals surface area contributed by atoms with E-state index in [4.69, 9.17) is 0 Å². The predicted molar refractivity (Wildman–Crippen MR) is 84.3 cm³/mol.